The second kappa shape index (κ2) is 5.89. The van der Waals surface area contributed by atoms with Gasteiger partial charge in [0.15, 0.2) is 0 Å². The van der Waals surface area contributed by atoms with Crippen LogP contribution >= 0.6 is 0 Å². The van der Waals surface area contributed by atoms with Gasteiger partial charge in [0.25, 0.3) is 0 Å². The molecule has 0 aromatic rings. The molecule has 3 N–H and O–H groups in total. The Hall–Kier alpha value is -0.200. The van der Waals surface area contributed by atoms with Crippen molar-refractivity contribution in [2.75, 3.05) is 45.9 Å². The van der Waals surface area contributed by atoms with E-state index in [-0.39, 0.29) is 23.9 Å². The van der Waals surface area contributed by atoms with Crippen LogP contribution in [0.2, 0.25) is 0 Å². The van der Waals surface area contributed by atoms with Crippen LogP contribution in [0, 0.1) is 5.92 Å². The molecule has 0 aromatic heterocycles. The number of ether oxygens (including phenoxy) is 1. The summed E-state index contributed by atoms with van der Waals surface area (Å²) in [5.74, 6) is 0.363. The number of aliphatic hydroxyl groups excluding tert-OH is 1. The summed E-state index contributed by atoms with van der Waals surface area (Å²) in [6.45, 7) is 14.7. The molecule has 0 radical (unpaired) electrons. The van der Waals surface area contributed by atoms with Crippen LogP contribution in [0.4, 0.5) is 0 Å². The molecule has 5 heteroatoms. The average molecular weight is 285 g/mol. The molecule has 2 unspecified atom stereocenters. The van der Waals surface area contributed by atoms with Crippen LogP contribution in [0.25, 0.3) is 0 Å². The number of β-amino-alcohol motifs (C(OH)–C–C–N with tert-alkyl or cyclic N) is 1. The minimum absolute atomic E-state index is 0.0768. The van der Waals surface area contributed by atoms with E-state index in [2.05, 4.69) is 37.5 Å². The van der Waals surface area contributed by atoms with Gasteiger partial charge in [0.05, 0.1) is 17.8 Å². The highest BCUT2D eigenvalue weighted by Gasteiger charge is 2.52. The number of piperazine rings is 1. The summed E-state index contributed by atoms with van der Waals surface area (Å²) < 4.78 is 6.17. The summed E-state index contributed by atoms with van der Waals surface area (Å²) in [4.78, 5) is 4.81. The quantitative estimate of drug-likeness (QED) is 0.769. The van der Waals surface area contributed by atoms with Gasteiger partial charge in [-0.05, 0) is 27.7 Å². The van der Waals surface area contributed by atoms with Gasteiger partial charge < -0.3 is 20.5 Å². The third-order valence-corrected chi connectivity index (χ3v) is 4.99. The maximum Gasteiger partial charge on any atom is 0.0788 e. The van der Waals surface area contributed by atoms with E-state index in [0.717, 1.165) is 39.3 Å². The van der Waals surface area contributed by atoms with E-state index in [4.69, 9.17) is 15.6 Å². The molecule has 0 aliphatic carbocycles. The molecule has 2 rings (SSSR count). The van der Waals surface area contributed by atoms with Gasteiger partial charge in [-0.1, -0.05) is 0 Å². The first kappa shape index (κ1) is 16.2. The number of hydrogen-bond acceptors (Lipinski definition) is 5. The minimum atomic E-state index is -0.243. The van der Waals surface area contributed by atoms with Crippen molar-refractivity contribution in [2.24, 2.45) is 11.7 Å². The van der Waals surface area contributed by atoms with Crippen LogP contribution in [0.3, 0.4) is 0 Å². The molecule has 0 aromatic carbocycles. The average Bonchev–Trinajstić information content (AvgIpc) is 2.50. The topological polar surface area (TPSA) is 62.0 Å². The van der Waals surface area contributed by atoms with Crippen molar-refractivity contribution >= 4 is 0 Å². The van der Waals surface area contributed by atoms with Gasteiger partial charge >= 0.3 is 0 Å². The van der Waals surface area contributed by atoms with Crippen molar-refractivity contribution in [3.8, 4) is 0 Å². The molecule has 2 saturated heterocycles. The van der Waals surface area contributed by atoms with Gasteiger partial charge in [-0.3, -0.25) is 4.90 Å². The van der Waals surface area contributed by atoms with E-state index in [1.807, 2.05) is 0 Å². The SMILES string of the molecule is CC1(C)OC(C)(C)C(CN2CCN(CCO)CC2)C1N. The highest BCUT2D eigenvalue weighted by atomic mass is 16.5. The molecule has 2 aliphatic heterocycles. The highest BCUT2D eigenvalue weighted by molar-refractivity contribution is 5.04. The Balaban J connectivity index is 1.91. The molecule has 118 valence electrons. The lowest BCUT2D eigenvalue weighted by atomic mass is 9.82. The summed E-state index contributed by atoms with van der Waals surface area (Å²) in [6, 6.07) is 0.0768. The molecular formula is C15H31N3O2. The summed E-state index contributed by atoms with van der Waals surface area (Å²) >= 11 is 0. The Morgan fingerprint density at radius 2 is 1.60 bits per heavy atom. The first-order chi connectivity index (χ1) is 9.26. The van der Waals surface area contributed by atoms with Crippen molar-refractivity contribution in [1.82, 2.24) is 9.80 Å². The molecule has 0 spiro atoms. The highest BCUT2D eigenvalue weighted by Crippen LogP contribution is 2.41. The van der Waals surface area contributed by atoms with Gasteiger partial charge in [0.1, 0.15) is 0 Å². The maximum atomic E-state index is 8.99. The van der Waals surface area contributed by atoms with Crippen LogP contribution in [-0.4, -0.2) is 78.0 Å². The Kier molecular flexibility index (Phi) is 4.76. The monoisotopic (exact) mass is 285 g/mol. The molecule has 0 amide bonds. The zero-order valence-electron chi connectivity index (χ0n) is 13.4. The number of rotatable bonds is 4. The molecule has 0 bridgehead atoms. The number of hydrogen-bond donors (Lipinski definition) is 2. The zero-order valence-corrected chi connectivity index (χ0v) is 13.4. The van der Waals surface area contributed by atoms with Crippen LogP contribution in [0.1, 0.15) is 27.7 Å². The van der Waals surface area contributed by atoms with Crippen LogP contribution in [0.15, 0.2) is 0 Å². The maximum absolute atomic E-state index is 8.99. The lowest BCUT2D eigenvalue weighted by Gasteiger charge is -2.38. The minimum Gasteiger partial charge on any atom is -0.395 e. The lowest BCUT2D eigenvalue weighted by Crippen LogP contribution is -2.53. The van der Waals surface area contributed by atoms with E-state index in [1.54, 1.807) is 0 Å². The predicted octanol–water partition coefficient (Wildman–Crippen LogP) is 0.127. The van der Waals surface area contributed by atoms with E-state index >= 15 is 0 Å². The Morgan fingerprint density at radius 3 is 2.05 bits per heavy atom. The number of aliphatic hydroxyl groups is 1. The molecule has 0 saturated carbocycles. The summed E-state index contributed by atoms with van der Waals surface area (Å²) in [5.41, 5.74) is 6.02. The van der Waals surface area contributed by atoms with Crippen molar-refractivity contribution < 1.29 is 9.84 Å². The third kappa shape index (κ3) is 3.34. The summed E-state index contributed by atoms with van der Waals surface area (Å²) in [5, 5.41) is 8.99. The Bertz CT molecular complexity index is 325. The molecule has 2 atom stereocenters. The van der Waals surface area contributed by atoms with Crippen molar-refractivity contribution in [2.45, 2.75) is 44.9 Å². The molecule has 2 fully saturated rings. The number of nitrogens with two attached hydrogens (primary N) is 1. The first-order valence-corrected chi connectivity index (χ1v) is 7.77. The lowest BCUT2D eigenvalue weighted by molar-refractivity contribution is -0.0791. The fourth-order valence-corrected chi connectivity index (χ4v) is 3.69. The largest absolute Gasteiger partial charge is 0.395 e. The second-order valence-electron chi connectivity index (χ2n) is 7.31. The molecule has 2 heterocycles. The van der Waals surface area contributed by atoms with Gasteiger partial charge in [-0.15, -0.1) is 0 Å². The van der Waals surface area contributed by atoms with Crippen LogP contribution in [-0.2, 0) is 4.74 Å². The fourth-order valence-electron chi connectivity index (χ4n) is 3.69. The molecule has 20 heavy (non-hydrogen) atoms. The van der Waals surface area contributed by atoms with E-state index in [9.17, 15) is 0 Å². The van der Waals surface area contributed by atoms with Crippen molar-refractivity contribution in [3.63, 3.8) is 0 Å². The Labute approximate surface area is 123 Å². The van der Waals surface area contributed by atoms with Gasteiger partial charge in [-0.25, -0.2) is 0 Å². The van der Waals surface area contributed by atoms with Crippen LogP contribution < -0.4 is 5.73 Å². The molecule has 2 aliphatic rings. The van der Waals surface area contributed by atoms with Gasteiger partial charge in [-0.2, -0.15) is 0 Å². The Morgan fingerprint density at radius 1 is 1.05 bits per heavy atom. The normalized spacial score (nSPS) is 34.5. The number of nitrogens with zero attached hydrogens (tertiary/aromatic N) is 2. The summed E-state index contributed by atoms with van der Waals surface area (Å²) in [7, 11) is 0. The van der Waals surface area contributed by atoms with Crippen molar-refractivity contribution in [3.05, 3.63) is 0 Å². The van der Waals surface area contributed by atoms with E-state index < -0.39 is 0 Å². The zero-order chi connectivity index (χ0) is 15.0. The van der Waals surface area contributed by atoms with Gasteiger partial charge in [0, 0.05) is 51.2 Å². The van der Waals surface area contributed by atoms with E-state index in [0.29, 0.717) is 5.92 Å². The van der Waals surface area contributed by atoms with Crippen molar-refractivity contribution in [1.29, 1.82) is 0 Å². The van der Waals surface area contributed by atoms with E-state index in [1.165, 1.54) is 0 Å². The smallest absolute Gasteiger partial charge is 0.0788 e. The van der Waals surface area contributed by atoms with Crippen LogP contribution in [0.5, 0.6) is 0 Å². The second-order valence-corrected chi connectivity index (χ2v) is 7.31. The standard InChI is InChI=1S/C15H31N3O2/c1-14(2)12(13(16)15(3,4)20-14)11-18-7-5-17(6-8-18)9-10-19/h12-13,19H,5-11,16H2,1-4H3. The molecular weight excluding hydrogens is 254 g/mol. The third-order valence-electron chi connectivity index (χ3n) is 4.99. The molecule has 5 nitrogen and oxygen atoms in total. The van der Waals surface area contributed by atoms with Gasteiger partial charge in [0.2, 0.25) is 0 Å². The fraction of sp³-hybridized carbons (Fsp3) is 1.00. The first-order valence-electron chi connectivity index (χ1n) is 7.77. The summed E-state index contributed by atoms with van der Waals surface area (Å²) in [6.07, 6.45) is 0. The predicted molar refractivity (Wildman–Crippen MR) is 80.7 cm³/mol.